The Balaban J connectivity index is 2.37. The molecule has 1 aromatic carbocycles. The first-order valence-corrected chi connectivity index (χ1v) is 8.99. The van der Waals surface area contributed by atoms with Crippen LogP contribution in [0.3, 0.4) is 0 Å². The molecule has 1 aliphatic rings. The zero-order chi connectivity index (χ0) is 15.5. The van der Waals surface area contributed by atoms with Crippen LogP contribution in [0.5, 0.6) is 0 Å². The number of hydrogen-bond donors (Lipinski definition) is 1. The second-order valence-electron chi connectivity index (χ2n) is 5.10. The van der Waals surface area contributed by atoms with Crippen LogP contribution < -0.4 is 5.32 Å². The number of ether oxygens (including phenoxy) is 1. The van der Waals surface area contributed by atoms with E-state index >= 15 is 0 Å². The van der Waals surface area contributed by atoms with Crippen LogP contribution >= 0.6 is 11.6 Å². The first-order chi connectivity index (χ1) is 9.88. The number of halogens is 1. The summed E-state index contributed by atoms with van der Waals surface area (Å²) in [6, 6.07) is 6.93. The number of carbonyl (C=O) groups excluding carboxylic acids is 1. The van der Waals surface area contributed by atoms with Crippen molar-refractivity contribution < 1.29 is 17.9 Å². The van der Waals surface area contributed by atoms with Crippen LogP contribution in [0.2, 0.25) is 5.02 Å². The molecule has 1 aliphatic heterocycles. The summed E-state index contributed by atoms with van der Waals surface area (Å²) in [6.45, 7) is 1.89. The van der Waals surface area contributed by atoms with E-state index in [2.05, 4.69) is 5.32 Å². The molecule has 1 unspecified atom stereocenters. The summed E-state index contributed by atoms with van der Waals surface area (Å²) in [6.07, 6.45) is 0.814. The highest BCUT2D eigenvalue weighted by Crippen LogP contribution is 2.31. The number of anilines is 1. The lowest BCUT2D eigenvalue weighted by Gasteiger charge is -2.36. The first-order valence-electron chi connectivity index (χ1n) is 6.79. The summed E-state index contributed by atoms with van der Waals surface area (Å²) >= 11 is 6.09. The molecule has 116 valence electrons. The van der Waals surface area contributed by atoms with Crippen molar-refractivity contribution in [3.05, 3.63) is 29.3 Å². The summed E-state index contributed by atoms with van der Waals surface area (Å²) in [5.41, 5.74) is -0.734. The number of benzene rings is 1. The maximum Gasteiger partial charge on any atom is 0.332 e. The minimum Gasteiger partial charge on any atom is -0.464 e. The summed E-state index contributed by atoms with van der Waals surface area (Å²) in [5.74, 6) is -0.726. The molecule has 0 radical (unpaired) electrons. The van der Waals surface area contributed by atoms with Gasteiger partial charge in [-0.3, -0.25) is 0 Å². The molecule has 7 heteroatoms. The van der Waals surface area contributed by atoms with Crippen LogP contribution in [0.4, 0.5) is 5.69 Å². The predicted octanol–water partition coefficient (Wildman–Crippen LogP) is 2.26. The number of rotatable bonds is 4. The van der Waals surface area contributed by atoms with Crippen molar-refractivity contribution in [3.63, 3.8) is 0 Å². The standard InChI is InChI=1S/C14H18ClNO4S/c1-2-20-13(17)14(8-5-9-21(18,19)10-14)16-12-7-4-3-6-11(12)15/h3-4,6-7,16H,2,5,8-10H2,1H3. The van der Waals surface area contributed by atoms with E-state index in [9.17, 15) is 13.2 Å². The molecular weight excluding hydrogens is 314 g/mol. The van der Waals surface area contributed by atoms with Gasteiger partial charge in [0.15, 0.2) is 9.84 Å². The van der Waals surface area contributed by atoms with Gasteiger partial charge in [-0.05, 0) is 31.9 Å². The largest absolute Gasteiger partial charge is 0.464 e. The van der Waals surface area contributed by atoms with Gasteiger partial charge in [-0.1, -0.05) is 23.7 Å². The first kappa shape index (κ1) is 16.1. The van der Waals surface area contributed by atoms with Crippen molar-refractivity contribution in [2.75, 3.05) is 23.4 Å². The fraction of sp³-hybridized carbons (Fsp3) is 0.500. The quantitative estimate of drug-likeness (QED) is 0.857. The zero-order valence-corrected chi connectivity index (χ0v) is 13.3. The van der Waals surface area contributed by atoms with Crippen LogP contribution in [-0.2, 0) is 19.4 Å². The highest BCUT2D eigenvalue weighted by atomic mass is 35.5. The Morgan fingerprint density at radius 2 is 2.14 bits per heavy atom. The summed E-state index contributed by atoms with van der Waals surface area (Å²) < 4.78 is 29.0. The lowest BCUT2D eigenvalue weighted by atomic mass is 9.95. The third kappa shape index (κ3) is 3.68. The number of esters is 1. The number of hydrogen-bond acceptors (Lipinski definition) is 5. The van der Waals surface area contributed by atoms with Gasteiger partial charge < -0.3 is 10.1 Å². The average molecular weight is 332 g/mol. The fourth-order valence-electron chi connectivity index (χ4n) is 2.51. The molecule has 21 heavy (non-hydrogen) atoms. The maximum absolute atomic E-state index is 12.3. The highest BCUT2D eigenvalue weighted by molar-refractivity contribution is 7.91. The Labute approximate surface area is 129 Å². The smallest absolute Gasteiger partial charge is 0.332 e. The number of sulfone groups is 1. The zero-order valence-electron chi connectivity index (χ0n) is 11.8. The number of nitrogens with one attached hydrogen (secondary N) is 1. The van der Waals surface area contributed by atoms with Crippen molar-refractivity contribution >= 4 is 33.1 Å². The summed E-state index contributed by atoms with van der Waals surface area (Å²) in [7, 11) is -3.29. The SMILES string of the molecule is CCOC(=O)C1(Nc2ccccc2Cl)CCCS(=O)(=O)C1. The van der Waals surface area contributed by atoms with Crippen molar-refractivity contribution in [1.29, 1.82) is 0 Å². The summed E-state index contributed by atoms with van der Waals surface area (Å²) in [5, 5.41) is 3.45. The Morgan fingerprint density at radius 3 is 2.76 bits per heavy atom. The molecular formula is C14H18ClNO4S. The predicted molar refractivity (Wildman–Crippen MR) is 82.3 cm³/mol. The van der Waals surface area contributed by atoms with Crippen molar-refractivity contribution in [2.45, 2.75) is 25.3 Å². The maximum atomic E-state index is 12.3. The van der Waals surface area contributed by atoms with Crippen molar-refractivity contribution in [3.8, 4) is 0 Å². The monoisotopic (exact) mass is 331 g/mol. The molecule has 0 saturated carbocycles. The lowest BCUT2D eigenvalue weighted by molar-refractivity contribution is -0.148. The lowest BCUT2D eigenvalue weighted by Crippen LogP contribution is -2.55. The van der Waals surface area contributed by atoms with Gasteiger partial charge in [0.2, 0.25) is 0 Å². The van der Waals surface area contributed by atoms with E-state index in [4.69, 9.17) is 16.3 Å². The van der Waals surface area contributed by atoms with Gasteiger partial charge in [0, 0.05) is 0 Å². The Kier molecular flexibility index (Phi) is 4.78. The van der Waals surface area contributed by atoms with Gasteiger partial charge in [0.25, 0.3) is 0 Å². The minimum atomic E-state index is -3.29. The molecule has 0 spiro atoms. The van der Waals surface area contributed by atoms with E-state index in [0.717, 1.165) is 0 Å². The molecule has 0 bridgehead atoms. The molecule has 1 N–H and O–H groups in total. The third-order valence-corrected chi connectivity index (χ3v) is 5.61. The third-order valence-electron chi connectivity index (χ3n) is 3.44. The molecule has 1 saturated heterocycles. The van der Waals surface area contributed by atoms with E-state index in [1.807, 2.05) is 0 Å². The Hall–Kier alpha value is -1.27. The molecule has 1 heterocycles. The van der Waals surface area contributed by atoms with Crippen LogP contribution in [0.15, 0.2) is 24.3 Å². The molecule has 5 nitrogen and oxygen atoms in total. The van der Waals surface area contributed by atoms with Gasteiger partial charge >= 0.3 is 5.97 Å². The molecule has 1 atom stereocenters. The van der Waals surface area contributed by atoms with Gasteiger partial charge in [-0.15, -0.1) is 0 Å². The average Bonchev–Trinajstić information content (AvgIpc) is 2.40. The molecule has 0 amide bonds. The molecule has 2 rings (SSSR count). The molecule has 0 aliphatic carbocycles. The van der Waals surface area contributed by atoms with Crippen LogP contribution in [0.25, 0.3) is 0 Å². The second-order valence-corrected chi connectivity index (χ2v) is 7.69. The van der Waals surface area contributed by atoms with Crippen molar-refractivity contribution in [2.24, 2.45) is 0 Å². The van der Waals surface area contributed by atoms with E-state index in [1.54, 1.807) is 31.2 Å². The van der Waals surface area contributed by atoms with Crippen molar-refractivity contribution in [1.82, 2.24) is 0 Å². The highest BCUT2D eigenvalue weighted by Gasteiger charge is 2.46. The normalized spacial score (nSPS) is 24.3. The Bertz CT molecular complexity index is 632. The molecule has 1 aromatic rings. The van der Waals surface area contributed by atoms with Crippen LogP contribution in [-0.4, -0.2) is 38.0 Å². The van der Waals surface area contributed by atoms with Gasteiger partial charge in [-0.2, -0.15) is 0 Å². The van der Waals surface area contributed by atoms with E-state index in [0.29, 0.717) is 23.6 Å². The van der Waals surface area contributed by atoms with Gasteiger partial charge in [-0.25, -0.2) is 13.2 Å². The fourth-order valence-corrected chi connectivity index (χ4v) is 4.51. The van der Waals surface area contributed by atoms with Gasteiger partial charge in [0.05, 0.1) is 28.8 Å². The van der Waals surface area contributed by atoms with Crippen LogP contribution in [0.1, 0.15) is 19.8 Å². The van der Waals surface area contributed by atoms with Gasteiger partial charge in [0.1, 0.15) is 5.54 Å². The van der Waals surface area contributed by atoms with E-state index in [1.165, 1.54) is 0 Å². The molecule has 1 fully saturated rings. The number of para-hydroxylation sites is 1. The number of carbonyl (C=O) groups is 1. The second kappa shape index (κ2) is 6.23. The van der Waals surface area contributed by atoms with Crippen LogP contribution in [0, 0.1) is 0 Å². The minimum absolute atomic E-state index is 0.0956. The Morgan fingerprint density at radius 1 is 1.43 bits per heavy atom. The van der Waals surface area contributed by atoms with E-state index < -0.39 is 21.3 Å². The molecule has 0 aromatic heterocycles. The summed E-state index contributed by atoms with van der Waals surface area (Å²) in [4.78, 5) is 12.3. The topological polar surface area (TPSA) is 72.5 Å². The van der Waals surface area contributed by atoms with E-state index in [-0.39, 0.29) is 18.1 Å².